The van der Waals surface area contributed by atoms with Crippen molar-refractivity contribution in [3.05, 3.63) is 36.7 Å². The van der Waals surface area contributed by atoms with E-state index < -0.39 is 0 Å². The molecule has 8 nitrogen and oxygen atoms in total. The SMILES string of the molecule is O=C(Nc1ccc(-c2cn[nH]c2)cc1)N1CCC(C(=O)N2CCOCC2)CC1. The summed E-state index contributed by atoms with van der Waals surface area (Å²) >= 11 is 0. The third-order valence-corrected chi connectivity index (χ3v) is 5.42. The molecule has 2 fully saturated rings. The minimum atomic E-state index is -0.117. The first-order valence-electron chi connectivity index (χ1n) is 9.72. The quantitative estimate of drug-likeness (QED) is 0.850. The van der Waals surface area contributed by atoms with E-state index in [1.165, 1.54) is 0 Å². The summed E-state index contributed by atoms with van der Waals surface area (Å²) in [7, 11) is 0. The predicted molar refractivity (Wildman–Crippen MR) is 105 cm³/mol. The number of carbonyl (C=O) groups excluding carboxylic acids is 2. The molecule has 0 radical (unpaired) electrons. The smallest absolute Gasteiger partial charge is 0.321 e. The molecular weight excluding hydrogens is 358 g/mol. The highest BCUT2D eigenvalue weighted by Gasteiger charge is 2.30. The number of H-pyrrole nitrogens is 1. The minimum Gasteiger partial charge on any atom is -0.378 e. The molecule has 1 aromatic heterocycles. The molecule has 2 aliphatic heterocycles. The molecule has 0 bridgehead atoms. The summed E-state index contributed by atoms with van der Waals surface area (Å²) in [6.45, 7) is 3.78. The average Bonchev–Trinajstić information content (AvgIpc) is 3.29. The molecule has 1 aromatic carbocycles. The van der Waals surface area contributed by atoms with Crippen LogP contribution in [0.5, 0.6) is 0 Å². The summed E-state index contributed by atoms with van der Waals surface area (Å²) in [6, 6.07) is 7.55. The summed E-state index contributed by atoms with van der Waals surface area (Å²) in [4.78, 5) is 28.8. The molecule has 2 N–H and O–H groups in total. The number of amides is 3. The molecule has 0 aliphatic carbocycles. The molecule has 2 saturated heterocycles. The normalized spacial score (nSPS) is 18.1. The van der Waals surface area contributed by atoms with Gasteiger partial charge in [-0.05, 0) is 30.5 Å². The monoisotopic (exact) mass is 383 g/mol. The number of urea groups is 1. The van der Waals surface area contributed by atoms with E-state index in [1.54, 1.807) is 11.1 Å². The Balaban J connectivity index is 1.27. The van der Waals surface area contributed by atoms with Gasteiger partial charge in [-0.2, -0.15) is 5.10 Å². The Kier molecular flexibility index (Phi) is 5.57. The fourth-order valence-corrected chi connectivity index (χ4v) is 3.73. The van der Waals surface area contributed by atoms with Crippen LogP contribution in [0.4, 0.5) is 10.5 Å². The van der Waals surface area contributed by atoms with Crippen LogP contribution in [-0.4, -0.2) is 71.3 Å². The van der Waals surface area contributed by atoms with Gasteiger partial charge in [0.05, 0.1) is 19.4 Å². The number of aromatic nitrogens is 2. The van der Waals surface area contributed by atoms with Gasteiger partial charge in [0.2, 0.25) is 5.91 Å². The highest BCUT2D eigenvalue weighted by Crippen LogP contribution is 2.23. The molecule has 0 unspecified atom stereocenters. The molecule has 3 amide bonds. The fourth-order valence-electron chi connectivity index (χ4n) is 3.73. The Hall–Kier alpha value is -2.87. The van der Waals surface area contributed by atoms with Gasteiger partial charge in [0, 0.05) is 49.5 Å². The number of aromatic amines is 1. The number of anilines is 1. The first-order chi connectivity index (χ1) is 13.7. The number of morpholine rings is 1. The maximum absolute atomic E-state index is 12.6. The van der Waals surface area contributed by atoms with Crippen molar-refractivity contribution in [3.8, 4) is 11.1 Å². The Morgan fingerprint density at radius 2 is 1.71 bits per heavy atom. The molecule has 0 atom stereocenters. The van der Waals surface area contributed by atoms with Gasteiger partial charge in [0.15, 0.2) is 0 Å². The zero-order chi connectivity index (χ0) is 19.3. The van der Waals surface area contributed by atoms with Crippen molar-refractivity contribution in [2.45, 2.75) is 12.8 Å². The lowest BCUT2D eigenvalue weighted by Gasteiger charge is -2.35. The van der Waals surface area contributed by atoms with Gasteiger partial charge in [-0.3, -0.25) is 9.89 Å². The van der Waals surface area contributed by atoms with E-state index >= 15 is 0 Å². The Labute approximate surface area is 163 Å². The number of hydrogen-bond donors (Lipinski definition) is 2. The fraction of sp³-hybridized carbons (Fsp3) is 0.450. The molecule has 4 rings (SSSR count). The van der Waals surface area contributed by atoms with Crippen LogP contribution >= 0.6 is 0 Å². The van der Waals surface area contributed by atoms with Gasteiger partial charge in [-0.25, -0.2) is 4.79 Å². The summed E-state index contributed by atoms with van der Waals surface area (Å²) in [5.74, 6) is 0.217. The van der Waals surface area contributed by atoms with Gasteiger partial charge in [-0.1, -0.05) is 12.1 Å². The first kappa shape index (κ1) is 18.5. The van der Waals surface area contributed by atoms with E-state index in [0.717, 1.165) is 16.8 Å². The number of benzene rings is 1. The minimum absolute atomic E-state index is 0.0105. The van der Waals surface area contributed by atoms with Crippen molar-refractivity contribution in [1.29, 1.82) is 0 Å². The number of nitrogens with zero attached hydrogens (tertiary/aromatic N) is 3. The standard InChI is InChI=1S/C20H25N5O3/c26-19(24-9-11-28-12-10-24)16-5-7-25(8-6-16)20(27)23-18-3-1-15(2-4-18)17-13-21-22-14-17/h1-4,13-14,16H,5-12H2,(H,21,22)(H,23,27). The lowest BCUT2D eigenvalue weighted by molar-refractivity contribution is -0.140. The molecule has 2 aromatic rings. The van der Waals surface area contributed by atoms with E-state index in [-0.39, 0.29) is 17.9 Å². The largest absolute Gasteiger partial charge is 0.378 e. The van der Waals surface area contributed by atoms with Crippen molar-refractivity contribution in [3.63, 3.8) is 0 Å². The van der Waals surface area contributed by atoms with Crippen molar-refractivity contribution in [1.82, 2.24) is 20.0 Å². The summed E-state index contributed by atoms with van der Waals surface area (Å²) < 4.78 is 5.31. The molecule has 3 heterocycles. The molecule has 8 heteroatoms. The zero-order valence-electron chi connectivity index (χ0n) is 15.8. The average molecular weight is 383 g/mol. The molecule has 28 heavy (non-hydrogen) atoms. The van der Waals surface area contributed by atoms with Gasteiger partial charge < -0.3 is 19.9 Å². The second kappa shape index (κ2) is 8.43. The van der Waals surface area contributed by atoms with Gasteiger partial charge in [-0.15, -0.1) is 0 Å². The van der Waals surface area contributed by atoms with Gasteiger partial charge in [0.25, 0.3) is 0 Å². The van der Waals surface area contributed by atoms with Gasteiger partial charge in [0.1, 0.15) is 0 Å². The number of carbonyl (C=O) groups is 2. The maximum atomic E-state index is 12.6. The van der Waals surface area contributed by atoms with Crippen LogP contribution in [0.3, 0.4) is 0 Å². The van der Waals surface area contributed by atoms with Crippen LogP contribution in [0, 0.1) is 5.92 Å². The summed E-state index contributed by atoms with van der Waals surface area (Å²) in [5, 5.41) is 9.68. The van der Waals surface area contributed by atoms with Crippen LogP contribution in [0.15, 0.2) is 36.7 Å². The second-order valence-electron chi connectivity index (χ2n) is 7.19. The van der Waals surface area contributed by atoms with Crippen LogP contribution in [0.2, 0.25) is 0 Å². The lowest BCUT2D eigenvalue weighted by Crippen LogP contribution is -2.48. The first-order valence-corrected chi connectivity index (χ1v) is 9.72. The number of rotatable bonds is 3. The summed E-state index contributed by atoms with van der Waals surface area (Å²) in [6.07, 6.45) is 5.01. The van der Waals surface area contributed by atoms with Crippen molar-refractivity contribution in [2.75, 3.05) is 44.7 Å². The number of hydrogen-bond acceptors (Lipinski definition) is 4. The topological polar surface area (TPSA) is 90.6 Å². The van der Waals surface area contributed by atoms with E-state index in [9.17, 15) is 9.59 Å². The third-order valence-electron chi connectivity index (χ3n) is 5.42. The predicted octanol–water partition coefficient (Wildman–Crippen LogP) is 2.18. The lowest BCUT2D eigenvalue weighted by atomic mass is 9.95. The number of nitrogens with one attached hydrogen (secondary N) is 2. The van der Waals surface area contributed by atoms with Gasteiger partial charge >= 0.3 is 6.03 Å². The van der Waals surface area contributed by atoms with Crippen molar-refractivity contribution in [2.24, 2.45) is 5.92 Å². The van der Waals surface area contributed by atoms with Crippen LogP contribution in [0.25, 0.3) is 11.1 Å². The number of piperidine rings is 1. The summed E-state index contributed by atoms with van der Waals surface area (Å²) in [5.41, 5.74) is 2.79. The van der Waals surface area contributed by atoms with Crippen LogP contribution in [-0.2, 0) is 9.53 Å². The van der Waals surface area contributed by atoms with E-state index in [4.69, 9.17) is 4.74 Å². The van der Waals surface area contributed by atoms with Crippen molar-refractivity contribution >= 4 is 17.6 Å². The van der Waals surface area contributed by atoms with E-state index in [0.29, 0.717) is 52.2 Å². The van der Waals surface area contributed by atoms with E-state index in [2.05, 4.69) is 15.5 Å². The Morgan fingerprint density at radius 1 is 1.00 bits per heavy atom. The maximum Gasteiger partial charge on any atom is 0.321 e. The van der Waals surface area contributed by atoms with Crippen molar-refractivity contribution < 1.29 is 14.3 Å². The third kappa shape index (κ3) is 4.17. The van der Waals surface area contributed by atoms with Crippen LogP contribution in [0.1, 0.15) is 12.8 Å². The number of ether oxygens (including phenoxy) is 1. The molecule has 0 spiro atoms. The highest BCUT2D eigenvalue weighted by molar-refractivity contribution is 5.90. The van der Waals surface area contributed by atoms with E-state index in [1.807, 2.05) is 35.4 Å². The molecule has 2 aliphatic rings. The molecule has 0 saturated carbocycles. The zero-order valence-corrected chi connectivity index (χ0v) is 15.8. The highest BCUT2D eigenvalue weighted by atomic mass is 16.5. The molecular formula is C20H25N5O3. The number of likely N-dealkylation sites (tertiary alicyclic amines) is 1. The second-order valence-corrected chi connectivity index (χ2v) is 7.19. The van der Waals surface area contributed by atoms with Crippen LogP contribution < -0.4 is 5.32 Å². The Morgan fingerprint density at radius 3 is 2.36 bits per heavy atom. The Bertz CT molecular complexity index is 792. The molecule has 148 valence electrons.